The fourth-order valence-electron chi connectivity index (χ4n) is 4.17. The lowest BCUT2D eigenvalue weighted by atomic mass is 9.94. The number of anilines is 1. The van der Waals surface area contributed by atoms with E-state index in [1.54, 1.807) is 30.2 Å². The Morgan fingerprint density at radius 2 is 2.07 bits per heavy atom. The van der Waals surface area contributed by atoms with Gasteiger partial charge in [0.05, 0.1) is 6.20 Å². The number of rotatable bonds is 3. The Morgan fingerprint density at radius 3 is 2.89 bits per heavy atom. The molecule has 1 amide bonds. The summed E-state index contributed by atoms with van der Waals surface area (Å²) < 4.78 is 1.66. The van der Waals surface area contributed by atoms with Crippen LogP contribution in [0.4, 0.5) is 5.82 Å². The normalized spacial score (nSPS) is 19.4. The van der Waals surface area contributed by atoms with E-state index >= 15 is 0 Å². The van der Waals surface area contributed by atoms with Crippen LogP contribution in [0.1, 0.15) is 47.3 Å². The molecule has 1 N–H and O–H groups in total. The third-order valence-corrected chi connectivity index (χ3v) is 5.61. The summed E-state index contributed by atoms with van der Waals surface area (Å²) in [6.07, 6.45) is 11.0. The van der Waals surface area contributed by atoms with Crippen LogP contribution in [0.15, 0.2) is 29.5 Å². The lowest BCUT2D eigenvalue weighted by Gasteiger charge is -2.33. The minimum Gasteiger partial charge on any atom is -0.353 e. The number of piperidine rings is 1. The van der Waals surface area contributed by atoms with Crippen LogP contribution < -0.4 is 15.8 Å². The lowest BCUT2D eigenvalue weighted by molar-refractivity contribution is 0.0931. The number of aromatic nitrogens is 3. The number of nitrogens with zero attached hydrogens (tertiary/aromatic N) is 4. The Labute approximate surface area is 158 Å². The standard InChI is InChI=1S/C20H25N5O2/c1-24-17-7-3-2-5-14(17)11-16(20(24)27)19(26)23-15-6-4-10-25(13-15)18-12-21-8-9-22-18/h8-9,11-12,15H,2-7,10,13H2,1H3,(H,23,26)/t15-/m0/s1. The first-order valence-electron chi connectivity index (χ1n) is 9.67. The Kier molecular flexibility index (Phi) is 4.92. The summed E-state index contributed by atoms with van der Waals surface area (Å²) in [5, 5.41) is 3.07. The Hall–Kier alpha value is -2.70. The first-order valence-corrected chi connectivity index (χ1v) is 9.67. The van der Waals surface area contributed by atoms with Crippen LogP contribution in [0.5, 0.6) is 0 Å². The molecule has 1 saturated heterocycles. The molecule has 27 heavy (non-hydrogen) atoms. The predicted octanol–water partition coefficient (Wildman–Crippen LogP) is 1.45. The molecule has 7 nitrogen and oxygen atoms in total. The zero-order valence-corrected chi connectivity index (χ0v) is 15.6. The first-order chi connectivity index (χ1) is 13.1. The summed E-state index contributed by atoms with van der Waals surface area (Å²) in [7, 11) is 1.78. The van der Waals surface area contributed by atoms with Crippen molar-refractivity contribution >= 4 is 11.7 Å². The quantitative estimate of drug-likeness (QED) is 0.888. The molecule has 3 heterocycles. The molecule has 1 aliphatic heterocycles. The van der Waals surface area contributed by atoms with Crippen LogP contribution in [0.25, 0.3) is 0 Å². The van der Waals surface area contributed by atoms with Crippen LogP contribution >= 0.6 is 0 Å². The molecule has 142 valence electrons. The number of pyridine rings is 1. The maximum Gasteiger partial charge on any atom is 0.263 e. The van der Waals surface area contributed by atoms with E-state index in [0.717, 1.165) is 62.1 Å². The van der Waals surface area contributed by atoms with Crippen molar-refractivity contribution in [2.75, 3.05) is 18.0 Å². The van der Waals surface area contributed by atoms with E-state index < -0.39 is 0 Å². The van der Waals surface area contributed by atoms with E-state index in [1.807, 2.05) is 6.07 Å². The maximum absolute atomic E-state index is 12.8. The summed E-state index contributed by atoms with van der Waals surface area (Å²) >= 11 is 0. The number of hydrogen-bond acceptors (Lipinski definition) is 5. The van der Waals surface area contributed by atoms with Gasteiger partial charge in [0.15, 0.2) is 0 Å². The van der Waals surface area contributed by atoms with Gasteiger partial charge >= 0.3 is 0 Å². The minimum absolute atomic E-state index is 0.00556. The summed E-state index contributed by atoms with van der Waals surface area (Å²) in [6, 6.07) is 1.81. The topological polar surface area (TPSA) is 80.1 Å². The van der Waals surface area contributed by atoms with Gasteiger partial charge in [0.25, 0.3) is 11.5 Å². The molecule has 0 bridgehead atoms. The molecule has 2 aromatic rings. The van der Waals surface area contributed by atoms with Crippen LogP contribution in [-0.2, 0) is 19.9 Å². The monoisotopic (exact) mass is 367 g/mol. The smallest absolute Gasteiger partial charge is 0.263 e. The van der Waals surface area contributed by atoms with Gasteiger partial charge in [-0.15, -0.1) is 0 Å². The second-order valence-corrected chi connectivity index (χ2v) is 7.42. The molecule has 2 aliphatic rings. The summed E-state index contributed by atoms with van der Waals surface area (Å²) in [5.74, 6) is 0.552. The number of carbonyl (C=O) groups is 1. The summed E-state index contributed by atoms with van der Waals surface area (Å²) in [4.78, 5) is 36.1. The van der Waals surface area contributed by atoms with Gasteiger partial charge in [0.2, 0.25) is 0 Å². The van der Waals surface area contributed by atoms with Crippen LogP contribution in [0.2, 0.25) is 0 Å². The van der Waals surface area contributed by atoms with E-state index in [2.05, 4.69) is 20.2 Å². The molecule has 4 rings (SSSR count). The molecule has 2 aromatic heterocycles. The van der Waals surface area contributed by atoms with Crippen LogP contribution in [-0.4, -0.2) is 39.6 Å². The van der Waals surface area contributed by atoms with Crippen molar-refractivity contribution in [2.45, 2.75) is 44.6 Å². The van der Waals surface area contributed by atoms with Gasteiger partial charge in [-0.25, -0.2) is 4.98 Å². The summed E-state index contributed by atoms with van der Waals surface area (Å²) in [6.45, 7) is 1.57. The van der Waals surface area contributed by atoms with E-state index in [4.69, 9.17) is 0 Å². The van der Waals surface area contributed by atoms with Crippen molar-refractivity contribution in [3.05, 3.63) is 51.8 Å². The highest BCUT2D eigenvalue weighted by atomic mass is 16.2. The molecule has 0 radical (unpaired) electrons. The summed E-state index contributed by atoms with van der Waals surface area (Å²) in [5.41, 5.74) is 2.28. The highest BCUT2D eigenvalue weighted by molar-refractivity contribution is 5.94. The zero-order chi connectivity index (χ0) is 18.8. The predicted molar refractivity (Wildman–Crippen MR) is 103 cm³/mol. The van der Waals surface area contributed by atoms with Crippen LogP contribution in [0.3, 0.4) is 0 Å². The molecule has 0 unspecified atom stereocenters. The van der Waals surface area contributed by atoms with Gasteiger partial charge in [-0.2, -0.15) is 0 Å². The Balaban J connectivity index is 1.51. The van der Waals surface area contributed by atoms with Crippen LogP contribution in [0, 0.1) is 0 Å². The molecule has 7 heteroatoms. The maximum atomic E-state index is 12.8. The highest BCUT2D eigenvalue weighted by Gasteiger charge is 2.25. The van der Waals surface area contributed by atoms with Gasteiger partial charge in [0, 0.05) is 44.3 Å². The minimum atomic E-state index is -0.269. The molecule has 1 fully saturated rings. The van der Waals surface area contributed by atoms with E-state index in [0.29, 0.717) is 6.54 Å². The largest absolute Gasteiger partial charge is 0.353 e. The van der Waals surface area contributed by atoms with Crippen molar-refractivity contribution in [1.82, 2.24) is 19.9 Å². The third kappa shape index (κ3) is 3.59. The Bertz CT molecular complexity index is 893. The van der Waals surface area contributed by atoms with Crippen molar-refractivity contribution in [3.63, 3.8) is 0 Å². The second-order valence-electron chi connectivity index (χ2n) is 7.42. The van der Waals surface area contributed by atoms with Gasteiger partial charge in [-0.1, -0.05) is 0 Å². The molecule has 0 spiro atoms. The zero-order valence-electron chi connectivity index (χ0n) is 15.6. The van der Waals surface area contributed by atoms with E-state index in [9.17, 15) is 9.59 Å². The first kappa shape index (κ1) is 17.7. The van der Waals surface area contributed by atoms with Crippen molar-refractivity contribution < 1.29 is 4.79 Å². The number of aryl methyl sites for hydroxylation is 1. The van der Waals surface area contributed by atoms with Crippen molar-refractivity contribution in [3.8, 4) is 0 Å². The average Bonchev–Trinajstić information content (AvgIpc) is 2.71. The van der Waals surface area contributed by atoms with E-state index in [1.165, 1.54) is 0 Å². The highest BCUT2D eigenvalue weighted by Crippen LogP contribution is 2.21. The molecular weight excluding hydrogens is 342 g/mol. The molecule has 1 atom stereocenters. The number of amides is 1. The van der Waals surface area contributed by atoms with Gasteiger partial charge in [-0.05, 0) is 50.2 Å². The van der Waals surface area contributed by atoms with Crippen molar-refractivity contribution in [1.29, 1.82) is 0 Å². The molecule has 0 aromatic carbocycles. The van der Waals surface area contributed by atoms with Gasteiger partial charge < -0.3 is 14.8 Å². The third-order valence-electron chi connectivity index (χ3n) is 5.61. The lowest BCUT2D eigenvalue weighted by Crippen LogP contribution is -2.49. The van der Waals surface area contributed by atoms with Gasteiger partial charge in [-0.3, -0.25) is 14.6 Å². The fourth-order valence-corrected chi connectivity index (χ4v) is 4.17. The molecule has 0 saturated carbocycles. The Morgan fingerprint density at radius 1 is 1.22 bits per heavy atom. The second kappa shape index (κ2) is 7.50. The number of hydrogen-bond donors (Lipinski definition) is 1. The molecule has 1 aliphatic carbocycles. The van der Waals surface area contributed by atoms with E-state index in [-0.39, 0.29) is 23.1 Å². The SMILES string of the molecule is Cn1c2c(cc(C(=O)N[C@H]3CCCN(c4cnccn4)C3)c1=O)CCCC2. The molecular formula is C20H25N5O2. The average molecular weight is 367 g/mol. The van der Waals surface area contributed by atoms with Crippen molar-refractivity contribution in [2.24, 2.45) is 7.05 Å². The number of fused-ring (bicyclic) bond motifs is 1. The number of nitrogens with one attached hydrogen (secondary N) is 1. The van der Waals surface area contributed by atoms with Gasteiger partial charge in [0.1, 0.15) is 11.4 Å². The number of carbonyl (C=O) groups excluding carboxylic acids is 1. The fraction of sp³-hybridized carbons (Fsp3) is 0.500.